The summed E-state index contributed by atoms with van der Waals surface area (Å²) < 4.78 is 0. The lowest BCUT2D eigenvalue weighted by molar-refractivity contribution is -0.133. The fourth-order valence-electron chi connectivity index (χ4n) is 2.52. The maximum atomic E-state index is 12.4. The second kappa shape index (κ2) is 5.96. The highest BCUT2D eigenvalue weighted by atomic mass is 16.2. The zero-order valence-electron chi connectivity index (χ0n) is 10.9. The predicted octanol–water partition coefficient (Wildman–Crippen LogP) is 1.48. The van der Waals surface area contributed by atoms with Crippen LogP contribution in [0.4, 0.5) is 0 Å². The molecule has 0 bridgehead atoms. The summed E-state index contributed by atoms with van der Waals surface area (Å²) in [6.45, 7) is 4.58. The zero-order valence-corrected chi connectivity index (χ0v) is 10.9. The maximum Gasteiger partial charge on any atom is 0.226 e. The molecule has 2 rings (SSSR count). The first kappa shape index (κ1) is 13.0. The molecule has 4 nitrogen and oxygen atoms in total. The van der Waals surface area contributed by atoms with Gasteiger partial charge in [-0.1, -0.05) is 6.92 Å². The summed E-state index contributed by atoms with van der Waals surface area (Å²) in [5, 5.41) is 6.38. The number of rotatable bonds is 4. The predicted molar refractivity (Wildman–Crippen MR) is 70.9 cm³/mol. The van der Waals surface area contributed by atoms with E-state index in [-0.39, 0.29) is 11.3 Å². The van der Waals surface area contributed by atoms with Gasteiger partial charge in [0.15, 0.2) is 0 Å². The average molecular weight is 247 g/mol. The highest BCUT2D eigenvalue weighted by Crippen LogP contribution is 2.32. The van der Waals surface area contributed by atoms with Gasteiger partial charge in [-0.05, 0) is 50.0 Å². The van der Waals surface area contributed by atoms with Gasteiger partial charge in [0.25, 0.3) is 0 Å². The van der Waals surface area contributed by atoms with Crippen molar-refractivity contribution in [1.29, 1.82) is 0 Å². The van der Waals surface area contributed by atoms with E-state index in [1.165, 1.54) is 0 Å². The zero-order chi connectivity index (χ0) is 12.8. The van der Waals surface area contributed by atoms with Gasteiger partial charge in [-0.15, -0.1) is 0 Å². The van der Waals surface area contributed by atoms with Gasteiger partial charge >= 0.3 is 0 Å². The molecule has 0 aromatic carbocycles. The van der Waals surface area contributed by atoms with E-state index < -0.39 is 0 Å². The number of aromatic nitrogens is 1. The highest BCUT2D eigenvalue weighted by Gasteiger charge is 2.37. The lowest BCUT2D eigenvalue weighted by Gasteiger charge is -2.35. The minimum atomic E-state index is -0.168. The van der Waals surface area contributed by atoms with Crippen LogP contribution < -0.4 is 10.6 Å². The van der Waals surface area contributed by atoms with Gasteiger partial charge in [0.05, 0.1) is 5.41 Å². The molecule has 4 heteroatoms. The summed E-state index contributed by atoms with van der Waals surface area (Å²) in [5.41, 5.74) is 0.927. The standard InChI is InChI=1S/C14H21N3O/c1-2-14(5-9-16-10-6-14)13(18)17-11-12-3-7-15-8-4-12/h3-4,7-8,16H,2,5-6,9-11H2,1H3,(H,17,18). The van der Waals surface area contributed by atoms with Crippen LogP contribution in [0, 0.1) is 5.41 Å². The Bertz CT molecular complexity index is 385. The first-order chi connectivity index (χ1) is 8.77. The SMILES string of the molecule is CCC1(C(=O)NCc2ccncc2)CCNCC1. The van der Waals surface area contributed by atoms with E-state index in [2.05, 4.69) is 22.5 Å². The number of piperidine rings is 1. The van der Waals surface area contributed by atoms with Crippen LogP contribution in [0.2, 0.25) is 0 Å². The molecule has 1 aromatic rings. The third kappa shape index (κ3) is 2.88. The largest absolute Gasteiger partial charge is 0.352 e. The Kier molecular flexibility index (Phi) is 4.31. The summed E-state index contributed by atoms with van der Waals surface area (Å²) in [7, 11) is 0. The Balaban J connectivity index is 1.94. The Morgan fingerprint density at radius 2 is 2.06 bits per heavy atom. The number of carbonyl (C=O) groups is 1. The number of hydrogen-bond donors (Lipinski definition) is 2. The quantitative estimate of drug-likeness (QED) is 0.847. The molecule has 2 N–H and O–H groups in total. The van der Waals surface area contributed by atoms with Crippen molar-refractivity contribution in [1.82, 2.24) is 15.6 Å². The van der Waals surface area contributed by atoms with Gasteiger partial charge < -0.3 is 10.6 Å². The molecule has 0 aliphatic carbocycles. The first-order valence-corrected chi connectivity index (χ1v) is 6.65. The molecule has 0 radical (unpaired) electrons. The van der Waals surface area contributed by atoms with E-state index in [0.717, 1.165) is 37.9 Å². The second-order valence-corrected chi connectivity index (χ2v) is 4.92. The van der Waals surface area contributed by atoms with Gasteiger partial charge in [-0.3, -0.25) is 9.78 Å². The van der Waals surface area contributed by atoms with Crippen molar-refractivity contribution in [3.8, 4) is 0 Å². The average Bonchev–Trinajstić information content (AvgIpc) is 2.46. The van der Waals surface area contributed by atoms with Crippen molar-refractivity contribution in [3.05, 3.63) is 30.1 Å². The van der Waals surface area contributed by atoms with Gasteiger partial charge in [0.1, 0.15) is 0 Å². The molecule has 2 heterocycles. The molecule has 1 aliphatic heterocycles. The number of pyridine rings is 1. The van der Waals surface area contributed by atoms with Crippen LogP contribution in [-0.4, -0.2) is 24.0 Å². The molecule has 18 heavy (non-hydrogen) atoms. The van der Waals surface area contributed by atoms with Crippen molar-refractivity contribution in [3.63, 3.8) is 0 Å². The molecular weight excluding hydrogens is 226 g/mol. The topological polar surface area (TPSA) is 54.0 Å². The van der Waals surface area contributed by atoms with E-state index in [9.17, 15) is 4.79 Å². The second-order valence-electron chi connectivity index (χ2n) is 4.92. The molecule has 0 atom stereocenters. The van der Waals surface area contributed by atoms with Crippen LogP contribution in [0.3, 0.4) is 0 Å². The third-order valence-electron chi connectivity index (χ3n) is 3.92. The smallest absolute Gasteiger partial charge is 0.226 e. The van der Waals surface area contributed by atoms with E-state index in [1.54, 1.807) is 12.4 Å². The summed E-state index contributed by atoms with van der Waals surface area (Å²) >= 11 is 0. The molecule has 1 amide bonds. The summed E-state index contributed by atoms with van der Waals surface area (Å²) in [6, 6.07) is 3.86. The van der Waals surface area contributed by atoms with Crippen molar-refractivity contribution in [2.75, 3.05) is 13.1 Å². The number of amides is 1. The lowest BCUT2D eigenvalue weighted by atomic mass is 9.76. The lowest BCUT2D eigenvalue weighted by Crippen LogP contribution is -2.47. The molecule has 1 saturated heterocycles. The van der Waals surface area contributed by atoms with Crippen LogP contribution >= 0.6 is 0 Å². The summed E-state index contributed by atoms with van der Waals surface area (Å²) in [5.74, 6) is 0.198. The van der Waals surface area contributed by atoms with Crippen LogP contribution in [0.15, 0.2) is 24.5 Å². The van der Waals surface area contributed by atoms with Gasteiger partial charge in [0, 0.05) is 18.9 Å². The molecule has 1 aromatic heterocycles. The molecule has 0 unspecified atom stereocenters. The minimum absolute atomic E-state index is 0.168. The first-order valence-electron chi connectivity index (χ1n) is 6.65. The number of hydrogen-bond acceptors (Lipinski definition) is 3. The van der Waals surface area contributed by atoms with Gasteiger partial charge in [-0.25, -0.2) is 0 Å². The normalized spacial score (nSPS) is 18.3. The van der Waals surface area contributed by atoms with Crippen molar-refractivity contribution >= 4 is 5.91 Å². The minimum Gasteiger partial charge on any atom is -0.352 e. The van der Waals surface area contributed by atoms with Crippen molar-refractivity contribution < 1.29 is 4.79 Å². The van der Waals surface area contributed by atoms with Crippen LogP contribution in [0.5, 0.6) is 0 Å². The Hall–Kier alpha value is -1.42. The fourth-order valence-corrected chi connectivity index (χ4v) is 2.52. The Morgan fingerprint density at radius 3 is 2.67 bits per heavy atom. The maximum absolute atomic E-state index is 12.4. The molecule has 0 saturated carbocycles. The van der Waals surface area contributed by atoms with E-state index in [0.29, 0.717) is 6.54 Å². The Labute approximate surface area is 108 Å². The summed E-state index contributed by atoms with van der Waals surface area (Å²) in [4.78, 5) is 16.3. The highest BCUT2D eigenvalue weighted by molar-refractivity contribution is 5.82. The van der Waals surface area contributed by atoms with E-state index in [4.69, 9.17) is 0 Å². The molecule has 0 spiro atoms. The number of carbonyl (C=O) groups excluding carboxylic acids is 1. The number of nitrogens with one attached hydrogen (secondary N) is 2. The van der Waals surface area contributed by atoms with Crippen LogP contribution in [0.1, 0.15) is 31.7 Å². The molecule has 1 aliphatic rings. The van der Waals surface area contributed by atoms with Crippen LogP contribution in [-0.2, 0) is 11.3 Å². The van der Waals surface area contributed by atoms with Crippen molar-refractivity contribution in [2.45, 2.75) is 32.7 Å². The monoisotopic (exact) mass is 247 g/mol. The summed E-state index contributed by atoms with van der Waals surface area (Å²) in [6.07, 6.45) is 6.29. The van der Waals surface area contributed by atoms with Gasteiger partial charge in [-0.2, -0.15) is 0 Å². The van der Waals surface area contributed by atoms with E-state index in [1.807, 2.05) is 12.1 Å². The van der Waals surface area contributed by atoms with Gasteiger partial charge in [0.2, 0.25) is 5.91 Å². The number of nitrogens with zero attached hydrogens (tertiary/aromatic N) is 1. The van der Waals surface area contributed by atoms with E-state index >= 15 is 0 Å². The fraction of sp³-hybridized carbons (Fsp3) is 0.571. The molecular formula is C14H21N3O. The van der Waals surface area contributed by atoms with Crippen molar-refractivity contribution in [2.24, 2.45) is 5.41 Å². The molecule has 98 valence electrons. The molecule has 1 fully saturated rings. The van der Waals surface area contributed by atoms with Crippen LogP contribution in [0.25, 0.3) is 0 Å². The third-order valence-corrected chi connectivity index (χ3v) is 3.92. The Morgan fingerprint density at radius 1 is 1.39 bits per heavy atom.